The van der Waals surface area contributed by atoms with Crippen molar-refractivity contribution in [2.45, 2.75) is 4.90 Å². The second-order valence-corrected chi connectivity index (χ2v) is 8.88. The zero-order valence-electron chi connectivity index (χ0n) is 16.4. The highest BCUT2D eigenvalue weighted by Crippen LogP contribution is 2.17. The van der Waals surface area contributed by atoms with Gasteiger partial charge < -0.3 is 15.5 Å². The Balaban J connectivity index is 1.90. The van der Waals surface area contributed by atoms with E-state index in [4.69, 9.17) is 0 Å². The first-order chi connectivity index (χ1) is 13.6. The summed E-state index contributed by atoms with van der Waals surface area (Å²) in [5.74, 6) is -1.08. The van der Waals surface area contributed by atoms with Gasteiger partial charge in [0.05, 0.1) is 11.9 Å². The van der Waals surface area contributed by atoms with Crippen molar-refractivity contribution in [1.29, 1.82) is 0 Å². The van der Waals surface area contributed by atoms with Gasteiger partial charge in [0.25, 0.3) is 11.8 Å². The molecule has 0 aliphatic carbocycles. The highest BCUT2D eigenvalue weighted by atomic mass is 32.2. The van der Waals surface area contributed by atoms with Crippen LogP contribution in [-0.2, 0) is 19.6 Å². The van der Waals surface area contributed by atoms with Gasteiger partial charge in [0, 0.05) is 25.5 Å². The zero-order chi connectivity index (χ0) is 21.6. The van der Waals surface area contributed by atoms with Gasteiger partial charge in [-0.15, -0.1) is 0 Å². The SMILES string of the molecule is CN(C)S(=O)(=O)c1cccc(NC(=O)C[NH+](C)CC(=O)Nc2ccc(F)cc2)c1. The average Bonchev–Trinajstić information content (AvgIpc) is 2.63. The molecule has 0 aliphatic rings. The number of hydrogen-bond donors (Lipinski definition) is 3. The molecule has 0 fully saturated rings. The molecule has 0 saturated carbocycles. The molecule has 0 radical (unpaired) electrons. The summed E-state index contributed by atoms with van der Waals surface area (Å²) in [4.78, 5) is 25.0. The molecule has 1 unspecified atom stereocenters. The Labute approximate surface area is 169 Å². The van der Waals surface area contributed by atoms with E-state index in [1.807, 2.05) is 0 Å². The monoisotopic (exact) mass is 423 g/mol. The molecule has 2 amide bonds. The van der Waals surface area contributed by atoms with Crippen molar-refractivity contribution in [2.24, 2.45) is 0 Å². The number of halogens is 1. The Kier molecular flexibility index (Phi) is 7.43. The number of carbonyl (C=O) groups is 2. The Bertz CT molecular complexity index is 978. The normalized spacial score (nSPS) is 12.4. The molecule has 0 aromatic heterocycles. The second kappa shape index (κ2) is 9.59. The minimum absolute atomic E-state index is 0.00148. The molecular weight excluding hydrogens is 399 g/mol. The summed E-state index contributed by atoms with van der Waals surface area (Å²) < 4.78 is 38.3. The van der Waals surface area contributed by atoms with Crippen molar-refractivity contribution in [2.75, 3.05) is 44.9 Å². The van der Waals surface area contributed by atoms with Gasteiger partial charge in [-0.05, 0) is 42.5 Å². The summed E-state index contributed by atoms with van der Waals surface area (Å²) in [5, 5.41) is 5.27. The number of quaternary nitrogens is 1. The highest BCUT2D eigenvalue weighted by molar-refractivity contribution is 7.89. The summed E-state index contributed by atoms with van der Waals surface area (Å²) in [6, 6.07) is 11.3. The molecule has 2 aromatic carbocycles. The molecule has 29 heavy (non-hydrogen) atoms. The summed E-state index contributed by atoms with van der Waals surface area (Å²) in [5.41, 5.74) is 0.814. The first-order valence-corrected chi connectivity index (χ1v) is 10.2. The van der Waals surface area contributed by atoms with E-state index in [1.54, 1.807) is 19.2 Å². The van der Waals surface area contributed by atoms with Crippen LogP contribution in [0.15, 0.2) is 53.4 Å². The molecule has 0 saturated heterocycles. The molecule has 8 nitrogen and oxygen atoms in total. The molecule has 10 heteroatoms. The first kappa shape index (κ1) is 22.5. The van der Waals surface area contributed by atoms with E-state index in [9.17, 15) is 22.4 Å². The van der Waals surface area contributed by atoms with E-state index in [-0.39, 0.29) is 29.8 Å². The number of amides is 2. The van der Waals surface area contributed by atoms with Gasteiger partial charge in [-0.3, -0.25) is 9.59 Å². The standard InChI is InChI=1S/C19H23FN4O4S/c1-23(2)29(27,28)17-6-4-5-16(11-17)22-19(26)13-24(3)12-18(25)21-15-9-7-14(20)8-10-15/h4-11H,12-13H2,1-3H3,(H,21,25)(H,22,26)/p+1. The maximum absolute atomic E-state index is 12.9. The van der Waals surface area contributed by atoms with Crippen LogP contribution in [0.5, 0.6) is 0 Å². The minimum Gasteiger partial charge on any atom is -0.322 e. The van der Waals surface area contributed by atoms with E-state index in [2.05, 4.69) is 10.6 Å². The second-order valence-electron chi connectivity index (χ2n) is 6.73. The fraction of sp³-hybridized carbons (Fsp3) is 0.263. The number of carbonyl (C=O) groups excluding carboxylic acids is 2. The van der Waals surface area contributed by atoms with Crippen LogP contribution in [0.2, 0.25) is 0 Å². The molecule has 2 rings (SSSR count). The first-order valence-electron chi connectivity index (χ1n) is 8.77. The Morgan fingerprint density at radius 3 is 2.07 bits per heavy atom. The topological polar surface area (TPSA) is 100 Å². The number of sulfonamides is 1. The fourth-order valence-electron chi connectivity index (χ4n) is 2.50. The third-order valence-electron chi connectivity index (χ3n) is 3.95. The van der Waals surface area contributed by atoms with Gasteiger partial charge in [-0.25, -0.2) is 17.1 Å². The lowest BCUT2D eigenvalue weighted by atomic mass is 10.3. The van der Waals surface area contributed by atoms with Crippen LogP contribution in [0.25, 0.3) is 0 Å². The van der Waals surface area contributed by atoms with Gasteiger partial charge in [0.15, 0.2) is 13.1 Å². The number of anilines is 2. The van der Waals surface area contributed by atoms with E-state index in [0.29, 0.717) is 16.3 Å². The highest BCUT2D eigenvalue weighted by Gasteiger charge is 2.19. The van der Waals surface area contributed by atoms with Gasteiger partial charge in [-0.2, -0.15) is 0 Å². The number of hydrogen-bond acceptors (Lipinski definition) is 4. The maximum Gasteiger partial charge on any atom is 0.279 e. The minimum atomic E-state index is -3.61. The molecule has 0 spiro atoms. The number of rotatable bonds is 8. The molecule has 0 bridgehead atoms. The molecule has 0 aliphatic heterocycles. The fourth-order valence-corrected chi connectivity index (χ4v) is 3.45. The van der Waals surface area contributed by atoms with Crippen LogP contribution < -0.4 is 15.5 Å². The Hall–Kier alpha value is -2.82. The predicted octanol–water partition coefficient (Wildman–Crippen LogP) is 0.168. The van der Waals surface area contributed by atoms with Crippen molar-refractivity contribution < 1.29 is 27.3 Å². The molecule has 3 N–H and O–H groups in total. The lowest BCUT2D eigenvalue weighted by molar-refractivity contribution is -0.862. The van der Waals surface area contributed by atoms with Crippen molar-refractivity contribution >= 4 is 33.2 Å². The summed E-state index contributed by atoms with van der Waals surface area (Å²) in [7, 11) is 0.924. The molecule has 2 aromatic rings. The van der Waals surface area contributed by atoms with Crippen molar-refractivity contribution in [1.82, 2.24) is 4.31 Å². The number of benzene rings is 2. The lowest BCUT2D eigenvalue weighted by Crippen LogP contribution is -3.11. The van der Waals surface area contributed by atoms with E-state index in [0.717, 1.165) is 4.31 Å². The summed E-state index contributed by atoms with van der Waals surface area (Å²) in [6.45, 7) is 0.0291. The summed E-state index contributed by atoms with van der Waals surface area (Å²) >= 11 is 0. The molecular formula is C19H24FN4O4S+. The number of nitrogens with zero attached hydrogens (tertiary/aromatic N) is 1. The van der Waals surface area contributed by atoms with Gasteiger partial charge in [0.2, 0.25) is 10.0 Å². The predicted molar refractivity (Wildman–Crippen MR) is 108 cm³/mol. The Morgan fingerprint density at radius 2 is 1.52 bits per heavy atom. The number of likely N-dealkylation sites (N-methyl/N-ethyl adjacent to an activating group) is 1. The smallest absolute Gasteiger partial charge is 0.279 e. The Morgan fingerprint density at radius 1 is 0.966 bits per heavy atom. The maximum atomic E-state index is 12.9. The van der Waals surface area contributed by atoms with Gasteiger partial charge in [-0.1, -0.05) is 6.07 Å². The average molecular weight is 423 g/mol. The lowest BCUT2D eigenvalue weighted by Gasteiger charge is -2.15. The largest absolute Gasteiger partial charge is 0.322 e. The van der Waals surface area contributed by atoms with Crippen LogP contribution in [-0.4, -0.2) is 58.8 Å². The van der Waals surface area contributed by atoms with E-state index < -0.39 is 15.8 Å². The molecule has 1 atom stereocenters. The van der Waals surface area contributed by atoms with E-state index in [1.165, 1.54) is 50.5 Å². The summed E-state index contributed by atoms with van der Waals surface area (Å²) in [6.07, 6.45) is 0. The van der Waals surface area contributed by atoms with E-state index >= 15 is 0 Å². The quantitative estimate of drug-likeness (QED) is 0.564. The van der Waals surface area contributed by atoms with Crippen LogP contribution in [0.4, 0.5) is 15.8 Å². The number of nitrogens with one attached hydrogen (secondary N) is 3. The third-order valence-corrected chi connectivity index (χ3v) is 5.76. The zero-order valence-corrected chi connectivity index (χ0v) is 17.2. The van der Waals surface area contributed by atoms with Gasteiger partial charge >= 0.3 is 0 Å². The van der Waals surface area contributed by atoms with Gasteiger partial charge in [0.1, 0.15) is 5.82 Å². The van der Waals surface area contributed by atoms with Crippen LogP contribution in [0.3, 0.4) is 0 Å². The van der Waals surface area contributed by atoms with Crippen molar-refractivity contribution in [3.05, 3.63) is 54.3 Å². The van der Waals surface area contributed by atoms with Crippen LogP contribution in [0, 0.1) is 5.82 Å². The van der Waals surface area contributed by atoms with Crippen molar-refractivity contribution in [3.8, 4) is 0 Å². The third kappa shape index (κ3) is 6.63. The molecule has 156 valence electrons. The van der Waals surface area contributed by atoms with Crippen molar-refractivity contribution in [3.63, 3.8) is 0 Å². The van der Waals surface area contributed by atoms with Crippen LogP contribution >= 0.6 is 0 Å². The van der Waals surface area contributed by atoms with Crippen LogP contribution in [0.1, 0.15) is 0 Å². The molecule has 0 heterocycles.